The highest BCUT2D eigenvalue weighted by Gasteiger charge is 2.30. The molecule has 1 aliphatic rings. The molecule has 0 amide bonds. The minimum Gasteiger partial charge on any atom is -0.492 e. The number of carbonyl (C=O) groups is 1. The van der Waals surface area contributed by atoms with E-state index in [1.54, 1.807) is 4.57 Å². The summed E-state index contributed by atoms with van der Waals surface area (Å²) in [6.07, 6.45) is 1.85. The minimum atomic E-state index is -0.973. The van der Waals surface area contributed by atoms with Crippen LogP contribution in [-0.2, 0) is 9.53 Å². The lowest BCUT2D eigenvalue weighted by Gasteiger charge is -2.16. The molecule has 0 aromatic carbocycles. The summed E-state index contributed by atoms with van der Waals surface area (Å²) in [5.41, 5.74) is 0.579. The number of carboxylic acids is 1. The number of fused-ring (bicyclic) bond motifs is 1. The van der Waals surface area contributed by atoms with Crippen LogP contribution in [0.3, 0.4) is 0 Å². The van der Waals surface area contributed by atoms with Gasteiger partial charge in [0.05, 0.1) is 18.5 Å². The van der Waals surface area contributed by atoms with Gasteiger partial charge in [0.25, 0.3) is 0 Å². The zero-order chi connectivity index (χ0) is 15.7. The fraction of sp³-hybridized carbons (Fsp3) is 0.500. The first kappa shape index (κ1) is 15.0. The van der Waals surface area contributed by atoms with Crippen LogP contribution in [0.4, 0.5) is 0 Å². The fourth-order valence-electron chi connectivity index (χ4n) is 2.38. The number of nitrogens with zero attached hydrogens (tertiary/aromatic N) is 4. The van der Waals surface area contributed by atoms with E-state index in [0.717, 1.165) is 11.8 Å². The molecular formula is C12H14N4O5S. The quantitative estimate of drug-likeness (QED) is 0.667. The van der Waals surface area contributed by atoms with Gasteiger partial charge in [-0.2, -0.15) is 4.98 Å². The lowest BCUT2D eigenvalue weighted by atomic mass is 10.2. The molecule has 2 atom stereocenters. The SMILES string of the molecule is O=C(O)CSc1nc2c(O)ncnc2n1[C@H]1CC[C@@H](CO)O1. The van der Waals surface area contributed by atoms with Gasteiger partial charge >= 0.3 is 5.97 Å². The topological polar surface area (TPSA) is 131 Å². The summed E-state index contributed by atoms with van der Waals surface area (Å²) in [6.45, 7) is -0.0824. The average molecular weight is 326 g/mol. The first-order valence-corrected chi connectivity index (χ1v) is 7.61. The maximum atomic E-state index is 10.8. The molecule has 2 aromatic rings. The smallest absolute Gasteiger partial charge is 0.313 e. The van der Waals surface area contributed by atoms with Crippen molar-refractivity contribution in [3.05, 3.63) is 6.33 Å². The number of hydrogen-bond acceptors (Lipinski definition) is 8. The highest BCUT2D eigenvalue weighted by molar-refractivity contribution is 7.99. The van der Waals surface area contributed by atoms with Crippen LogP contribution < -0.4 is 0 Å². The van der Waals surface area contributed by atoms with Crippen molar-refractivity contribution in [2.75, 3.05) is 12.4 Å². The van der Waals surface area contributed by atoms with E-state index in [1.807, 2.05) is 0 Å². The average Bonchev–Trinajstić information content (AvgIpc) is 3.09. The number of aromatic hydroxyl groups is 1. The first-order valence-electron chi connectivity index (χ1n) is 6.63. The van der Waals surface area contributed by atoms with E-state index in [1.165, 1.54) is 6.33 Å². The predicted molar refractivity (Wildman–Crippen MR) is 75.6 cm³/mol. The van der Waals surface area contributed by atoms with Crippen LogP contribution in [0.25, 0.3) is 11.2 Å². The molecule has 1 fully saturated rings. The lowest BCUT2D eigenvalue weighted by Crippen LogP contribution is -2.15. The number of carboxylic acid groups (broad SMARTS) is 1. The van der Waals surface area contributed by atoms with Crippen molar-refractivity contribution in [1.82, 2.24) is 19.5 Å². The van der Waals surface area contributed by atoms with Crippen LogP contribution >= 0.6 is 11.8 Å². The number of ether oxygens (including phenoxy) is 1. The summed E-state index contributed by atoms with van der Waals surface area (Å²) >= 11 is 1.02. The third kappa shape index (κ3) is 2.72. The number of thioether (sulfide) groups is 1. The fourth-order valence-corrected chi connectivity index (χ4v) is 3.13. The molecule has 9 nitrogen and oxygen atoms in total. The van der Waals surface area contributed by atoms with Crippen molar-refractivity contribution < 1.29 is 24.9 Å². The van der Waals surface area contributed by atoms with E-state index in [4.69, 9.17) is 9.84 Å². The Balaban J connectivity index is 2.02. The Morgan fingerprint density at radius 2 is 2.27 bits per heavy atom. The molecule has 3 N–H and O–H groups in total. The predicted octanol–water partition coefficient (Wildman–Crippen LogP) is 0.378. The van der Waals surface area contributed by atoms with E-state index >= 15 is 0 Å². The van der Waals surface area contributed by atoms with Gasteiger partial charge in [-0.15, -0.1) is 0 Å². The van der Waals surface area contributed by atoms with Gasteiger partial charge in [-0.05, 0) is 12.8 Å². The maximum Gasteiger partial charge on any atom is 0.313 e. The molecule has 2 aromatic heterocycles. The van der Waals surface area contributed by atoms with Gasteiger partial charge in [0, 0.05) is 0 Å². The Morgan fingerprint density at radius 1 is 1.45 bits per heavy atom. The van der Waals surface area contributed by atoms with Crippen LogP contribution in [0.5, 0.6) is 5.88 Å². The van der Waals surface area contributed by atoms with E-state index in [0.29, 0.717) is 23.6 Å². The molecule has 0 saturated carbocycles. The molecule has 1 aliphatic heterocycles. The molecule has 3 heterocycles. The molecule has 1 saturated heterocycles. The van der Waals surface area contributed by atoms with E-state index < -0.39 is 12.2 Å². The van der Waals surface area contributed by atoms with Gasteiger partial charge in [0.1, 0.15) is 12.6 Å². The van der Waals surface area contributed by atoms with Crippen LogP contribution in [0.1, 0.15) is 19.1 Å². The first-order chi connectivity index (χ1) is 10.6. The highest BCUT2D eigenvalue weighted by atomic mass is 32.2. The zero-order valence-corrected chi connectivity index (χ0v) is 12.2. The largest absolute Gasteiger partial charge is 0.492 e. The Bertz CT molecular complexity index is 706. The van der Waals surface area contributed by atoms with E-state index in [9.17, 15) is 15.0 Å². The summed E-state index contributed by atoms with van der Waals surface area (Å²) in [6, 6.07) is 0. The number of aromatic nitrogens is 4. The molecule has 0 aliphatic carbocycles. The van der Waals surface area contributed by atoms with Crippen molar-refractivity contribution in [3.8, 4) is 5.88 Å². The molecule has 118 valence electrons. The summed E-state index contributed by atoms with van der Waals surface area (Å²) in [7, 11) is 0. The van der Waals surface area contributed by atoms with Crippen molar-refractivity contribution in [1.29, 1.82) is 0 Å². The monoisotopic (exact) mass is 326 g/mol. The summed E-state index contributed by atoms with van der Waals surface area (Å²) in [5.74, 6) is -1.41. The molecule has 10 heteroatoms. The van der Waals surface area contributed by atoms with Crippen molar-refractivity contribution in [3.63, 3.8) is 0 Å². The van der Waals surface area contributed by atoms with Crippen molar-refractivity contribution in [2.45, 2.75) is 30.3 Å². The number of imidazole rings is 1. The third-order valence-electron chi connectivity index (χ3n) is 3.33. The van der Waals surface area contributed by atoms with Crippen molar-refractivity contribution in [2.24, 2.45) is 0 Å². The van der Waals surface area contributed by atoms with Crippen LogP contribution in [0, 0.1) is 0 Å². The van der Waals surface area contributed by atoms with Crippen LogP contribution in [0.15, 0.2) is 11.5 Å². The van der Waals surface area contributed by atoms with Gasteiger partial charge < -0.3 is 20.1 Å². The Labute approximate surface area is 129 Å². The Morgan fingerprint density at radius 3 is 2.95 bits per heavy atom. The van der Waals surface area contributed by atoms with Gasteiger partial charge in [-0.1, -0.05) is 11.8 Å². The molecule has 0 bridgehead atoms. The summed E-state index contributed by atoms with van der Waals surface area (Å²) in [4.78, 5) is 22.8. The second kappa shape index (κ2) is 6.07. The molecule has 0 unspecified atom stereocenters. The highest BCUT2D eigenvalue weighted by Crippen LogP contribution is 2.36. The Hall–Kier alpha value is -1.91. The lowest BCUT2D eigenvalue weighted by molar-refractivity contribution is -0.133. The second-order valence-corrected chi connectivity index (χ2v) is 5.73. The molecule has 0 radical (unpaired) electrons. The van der Waals surface area contributed by atoms with Crippen LogP contribution in [0.2, 0.25) is 0 Å². The Kier molecular flexibility index (Phi) is 4.14. The molecule has 3 rings (SSSR count). The van der Waals surface area contributed by atoms with Gasteiger partial charge in [0.15, 0.2) is 16.3 Å². The second-order valence-electron chi connectivity index (χ2n) is 4.79. The molecule has 0 spiro atoms. The number of aliphatic hydroxyl groups excluding tert-OH is 1. The van der Waals surface area contributed by atoms with E-state index in [2.05, 4.69) is 15.0 Å². The van der Waals surface area contributed by atoms with Gasteiger partial charge in [-0.25, -0.2) is 9.97 Å². The summed E-state index contributed by atoms with van der Waals surface area (Å²) in [5, 5.41) is 28.2. The van der Waals surface area contributed by atoms with E-state index in [-0.39, 0.29) is 29.9 Å². The maximum absolute atomic E-state index is 10.8. The number of hydrogen-bond donors (Lipinski definition) is 3. The van der Waals surface area contributed by atoms with Crippen LogP contribution in [-0.4, -0.2) is 59.3 Å². The molecular weight excluding hydrogens is 312 g/mol. The summed E-state index contributed by atoms with van der Waals surface area (Å²) < 4.78 is 7.37. The number of aliphatic hydroxyl groups is 1. The minimum absolute atomic E-state index is 0.0824. The van der Waals surface area contributed by atoms with Crippen molar-refractivity contribution >= 4 is 28.9 Å². The number of aliphatic carboxylic acids is 1. The standard InChI is InChI=1S/C12H14N4O5S/c17-3-6-1-2-7(21-6)16-10-9(11(20)14-5-13-10)15-12(16)22-4-8(18)19/h5-7,17H,1-4H2,(H,18,19)(H,13,14,20)/t6-,7+/m0/s1. The van der Waals surface area contributed by atoms with Gasteiger partial charge in [0.2, 0.25) is 5.88 Å². The normalized spacial score (nSPS) is 21.5. The molecule has 22 heavy (non-hydrogen) atoms. The number of rotatable bonds is 5. The third-order valence-corrected chi connectivity index (χ3v) is 4.26. The zero-order valence-electron chi connectivity index (χ0n) is 11.4. The van der Waals surface area contributed by atoms with Gasteiger partial charge in [-0.3, -0.25) is 9.36 Å².